The highest BCUT2D eigenvalue weighted by atomic mass is 32.2. The predicted octanol–water partition coefficient (Wildman–Crippen LogP) is 2.38. The minimum Gasteiger partial charge on any atom is -0.338 e. The third-order valence-corrected chi connectivity index (χ3v) is 4.56. The van der Waals surface area contributed by atoms with Crippen LogP contribution in [0.1, 0.15) is 18.2 Å². The molecule has 0 bridgehead atoms. The number of amides is 1. The molecule has 1 aromatic carbocycles. The van der Waals surface area contributed by atoms with Crippen molar-refractivity contribution in [3.05, 3.63) is 41.6 Å². The van der Waals surface area contributed by atoms with Gasteiger partial charge >= 0.3 is 0 Å². The van der Waals surface area contributed by atoms with E-state index in [9.17, 15) is 4.79 Å². The predicted molar refractivity (Wildman–Crippen MR) is 95.5 cm³/mol. The van der Waals surface area contributed by atoms with Gasteiger partial charge in [0, 0.05) is 11.6 Å². The highest BCUT2D eigenvalue weighted by molar-refractivity contribution is 8.00. The Morgan fingerprint density at radius 1 is 1.28 bits per heavy atom. The van der Waals surface area contributed by atoms with Crippen LogP contribution < -0.4 is 11.2 Å². The van der Waals surface area contributed by atoms with Crippen LogP contribution in [0.2, 0.25) is 0 Å². The molecule has 0 radical (unpaired) electrons. The van der Waals surface area contributed by atoms with Gasteiger partial charge in [-0.1, -0.05) is 46.7 Å². The number of aromatic nitrogens is 4. The van der Waals surface area contributed by atoms with Crippen molar-refractivity contribution in [2.75, 3.05) is 11.2 Å². The maximum absolute atomic E-state index is 12.2. The molecular formula is C16H18N6O2S. The molecule has 2 aromatic heterocycles. The van der Waals surface area contributed by atoms with E-state index in [1.165, 1.54) is 16.4 Å². The van der Waals surface area contributed by atoms with Crippen LogP contribution in [0.25, 0.3) is 11.4 Å². The standard InChI is InChI=1S/C16H18N6O2S/c1-9-4-6-12(7-5-9)14-19-20-16(22(14)17)25-11(3)15(23)18-13-8-10(2)21-24-13/h4-8,11H,17H2,1-3H3,(H,18,23). The molecule has 1 atom stereocenters. The van der Waals surface area contributed by atoms with Gasteiger partial charge < -0.3 is 10.4 Å². The van der Waals surface area contributed by atoms with Crippen molar-refractivity contribution < 1.29 is 9.32 Å². The third kappa shape index (κ3) is 3.82. The van der Waals surface area contributed by atoms with Gasteiger partial charge in [-0.05, 0) is 20.8 Å². The van der Waals surface area contributed by atoms with Crippen molar-refractivity contribution in [1.29, 1.82) is 0 Å². The Kier molecular flexibility index (Phi) is 4.75. The average Bonchev–Trinajstić information content (AvgIpc) is 3.15. The number of nitrogens with two attached hydrogens (primary N) is 1. The van der Waals surface area contributed by atoms with Crippen molar-refractivity contribution in [1.82, 2.24) is 20.0 Å². The number of nitrogens with one attached hydrogen (secondary N) is 1. The monoisotopic (exact) mass is 358 g/mol. The molecule has 0 saturated carbocycles. The fraction of sp³-hybridized carbons (Fsp3) is 0.250. The van der Waals surface area contributed by atoms with E-state index in [1.54, 1.807) is 19.9 Å². The highest BCUT2D eigenvalue weighted by Gasteiger charge is 2.21. The fourth-order valence-electron chi connectivity index (χ4n) is 2.11. The zero-order valence-electron chi connectivity index (χ0n) is 14.1. The molecule has 0 aliphatic heterocycles. The molecule has 0 spiro atoms. The Morgan fingerprint density at radius 2 is 2.00 bits per heavy atom. The van der Waals surface area contributed by atoms with Crippen molar-refractivity contribution in [3.8, 4) is 11.4 Å². The van der Waals surface area contributed by atoms with Crippen LogP contribution in [-0.4, -0.2) is 31.2 Å². The summed E-state index contributed by atoms with van der Waals surface area (Å²) in [6.45, 7) is 5.54. The first kappa shape index (κ1) is 17.0. The van der Waals surface area contributed by atoms with Crippen molar-refractivity contribution in [2.45, 2.75) is 31.2 Å². The molecule has 0 saturated heterocycles. The van der Waals surface area contributed by atoms with Gasteiger partial charge in [0.05, 0.1) is 10.9 Å². The van der Waals surface area contributed by atoms with Crippen molar-refractivity contribution >= 4 is 23.6 Å². The second-order valence-electron chi connectivity index (χ2n) is 5.62. The van der Waals surface area contributed by atoms with E-state index in [2.05, 4.69) is 20.7 Å². The van der Waals surface area contributed by atoms with Gasteiger partial charge in [-0.2, -0.15) is 0 Å². The lowest BCUT2D eigenvalue weighted by Crippen LogP contribution is -2.23. The van der Waals surface area contributed by atoms with Gasteiger partial charge in [0.25, 0.3) is 0 Å². The average molecular weight is 358 g/mol. The number of nitrogen functional groups attached to an aromatic ring is 1. The van der Waals surface area contributed by atoms with E-state index < -0.39 is 5.25 Å². The first-order chi connectivity index (χ1) is 11.9. The number of anilines is 1. The number of hydrogen-bond acceptors (Lipinski definition) is 7. The molecule has 130 valence electrons. The Labute approximate surface area is 148 Å². The van der Waals surface area contributed by atoms with Crippen molar-refractivity contribution in [2.24, 2.45) is 0 Å². The second kappa shape index (κ2) is 6.98. The largest absolute Gasteiger partial charge is 0.338 e. The van der Waals surface area contributed by atoms with Gasteiger partial charge in [-0.15, -0.1) is 10.2 Å². The smallest absolute Gasteiger partial charge is 0.240 e. The SMILES string of the molecule is Cc1ccc(-c2nnc(SC(C)C(=O)Nc3cc(C)no3)n2N)cc1. The number of nitrogens with zero attached hydrogens (tertiary/aromatic N) is 4. The van der Waals surface area contributed by atoms with Crippen molar-refractivity contribution in [3.63, 3.8) is 0 Å². The molecule has 0 fully saturated rings. The molecule has 1 amide bonds. The quantitative estimate of drug-likeness (QED) is 0.532. The summed E-state index contributed by atoms with van der Waals surface area (Å²) < 4.78 is 6.37. The summed E-state index contributed by atoms with van der Waals surface area (Å²) >= 11 is 1.21. The molecule has 3 N–H and O–H groups in total. The van der Waals surface area contributed by atoms with Crippen LogP contribution >= 0.6 is 11.8 Å². The number of carbonyl (C=O) groups is 1. The summed E-state index contributed by atoms with van der Waals surface area (Å²) in [4.78, 5) is 12.2. The van der Waals surface area contributed by atoms with Crippen LogP contribution in [0.4, 0.5) is 5.88 Å². The number of carbonyl (C=O) groups excluding carboxylic acids is 1. The Balaban J connectivity index is 1.70. The lowest BCUT2D eigenvalue weighted by atomic mass is 10.1. The number of benzene rings is 1. The molecule has 1 unspecified atom stereocenters. The van der Waals surface area contributed by atoms with Crippen LogP contribution in [0.5, 0.6) is 0 Å². The lowest BCUT2D eigenvalue weighted by Gasteiger charge is -2.09. The van der Waals surface area contributed by atoms with Crippen LogP contribution in [-0.2, 0) is 4.79 Å². The molecule has 0 aliphatic rings. The van der Waals surface area contributed by atoms with Gasteiger partial charge in [-0.3, -0.25) is 10.1 Å². The topological polar surface area (TPSA) is 112 Å². The first-order valence-corrected chi connectivity index (χ1v) is 8.50. The zero-order chi connectivity index (χ0) is 18.0. The van der Waals surface area contributed by atoms with E-state index in [4.69, 9.17) is 10.4 Å². The molecule has 2 heterocycles. The molecular weight excluding hydrogens is 340 g/mol. The van der Waals surface area contributed by atoms with Crippen LogP contribution in [0, 0.1) is 13.8 Å². The van der Waals surface area contributed by atoms with E-state index in [-0.39, 0.29) is 5.91 Å². The molecule has 9 heteroatoms. The number of aryl methyl sites for hydroxylation is 2. The number of thioether (sulfide) groups is 1. The first-order valence-electron chi connectivity index (χ1n) is 7.62. The Morgan fingerprint density at radius 3 is 2.64 bits per heavy atom. The van der Waals surface area contributed by atoms with Gasteiger partial charge in [0.1, 0.15) is 0 Å². The van der Waals surface area contributed by atoms with Gasteiger partial charge in [0.2, 0.25) is 16.9 Å². The number of rotatable bonds is 5. The van der Waals surface area contributed by atoms with E-state index in [0.717, 1.165) is 11.1 Å². The molecule has 0 aliphatic carbocycles. The normalized spacial score (nSPS) is 12.1. The summed E-state index contributed by atoms with van der Waals surface area (Å²) in [5, 5.41) is 14.6. The highest BCUT2D eigenvalue weighted by Crippen LogP contribution is 2.25. The minimum absolute atomic E-state index is 0.235. The Hall–Kier alpha value is -2.81. The summed E-state index contributed by atoms with van der Waals surface area (Å²) in [5.74, 6) is 6.71. The third-order valence-electron chi connectivity index (χ3n) is 3.50. The lowest BCUT2D eigenvalue weighted by molar-refractivity contribution is -0.115. The van der Waals surface area contributed by atoms with E-state index in [0.29, 0.717) is 22.6 Å². The zero-order valence-corrected chi connectivity index (χ0v) is 14.9. The maximum atomic E-state index is 12.2. The van der Waals surface area contributed by atoms with Crippen LogP contribution in [0.3, 0.4) is 0 Å². The van der Waals surface area contributed by atoms with Gasteiger partial charge in [0.15, 0.2) is 5.82 Å². The molecule has 3 aromatic rings. The summed E-state index contributed by atoms with van der Waals surface area (Å²) in [7, 11) is 0. The Bertz CT molecular complexity index is 886. The molecule has 8 nitrogen and oxygen atoms in total. The summed E-state index contributed by atoms with van der Waals surface area (Å²) in [6.07, 6.45) is 0. The molecule has 25 heavy (non-hydrogen) atoms. The van der Waals surface area contributed by atoms with E-state index >= 15 is 0 Å². The van der Waals surface area contributed by atoms with Gasteiger partial charge in [-0.25, -0.2) is 4.68 Å². The maximum Gasteiger partial charge on any atom is 0.240 e. The summed E-state index contributed by atoms with van der Waals surface area (Å²) in [5.41, 5.74) is 2.70. The summed E-state index contributed by atoms with van der Waals surface area (Å²) in [6, 6.07) is 9.47. The molecule has 3 rings (SSSR count). The fourth-order valence-corrected chi connectivity index (χ4v) is 2.88. The second-order valence-corrected chi connectivity index (χ2v) is 6.93. The minimum atomic E-state index is -0.442. The van der Waals surface area contributed by atoms with E-state index in [1.807, 2.05) is 31.2 Å². The van der Waals surface area contributed by atoms with Crippen LogP contribution in [0.15, 0.2) is 40.0 Å². The number of hydrogen-bond donors (Lipinski definition) is 2.